The van der Waals surface area contributed by atoms with Crippen molar-refractivity contribution in [3.05, 3.63) is 71.8 Å². The van der Waals surface area contributed by atoms with Crippen LogP contribution in [0, 0.1) is 11.8 Å². The Morgan fingerprint density at radius 2 is 0.971 bits per heavy atom. The molecule has 4 nitrogen and oxygen atoms in total. The van der Waals surface area contributed by atoms with E-state index in [0.29, 0.717) is 36.2 Å². The van der Waals surface area contributed by atoms with E-state index in [1.165, 1.54) is 25.7 Å². The van der Waals surface area contributed by atoms with Crippen LogP contribution in [0.25, 0.3) is 0 Å². The summed E-state index contributed by atoms with van der Waals surface area (Å²) in [6, 6.07) is 18.3. The third-order valence-corrected chi connectivity index (χ3v) is 6.01. The Morgan fingerprint density at radius 1 is 0.618 bits per heavy atom. The average molecular weight is 469 g/mol. The molecular weight excluding hydrogens is 424 g/mol. The second kappa shape index (κ2) is 18.8. The van der Waals surface area contributed by atoms with Crippen LogP contribution in [-0.2, 0) is 9.47 Å². The molecule has 0 bridgehead atoms. The van der Waals surface area contributed by atoms with E-state index < -0.39 is 0 Å². The molecule has 2 unspecified atom stereocenters. The molecule has 0 heterocycles. The summed E-state index contributed by atoms with van der Waals surface area (Å²) < 4.78 is 10.7. The molecule has 2 rings (SSSR count). The van der Waals surface area contributed by atoms with Gasteiger partial charge in [0.2, 0.25) is 0 Å². The second-order valence-electron chi connectivity index (χ2n) is 8.76. The fraction of sp³-hybridized carbons (Fsp3) is 0.533. The summed E-state index contributed by atoms with van der Waals surface area (Å²) in [4.78, 5) is 23.4. The second-order valence-corrected chi connectivity index (χ2v) is 8.76. The lowest BCUT2D eigenvalue weighted by atomic mass is 10.0. The van der Waals surface area contributed by atoms with Gasteiger partial charge in [-0.2, -0.15) is 0 Å². The minimum atomic E-state index is -0.208. The van der Waals surface area contributed by atoms with Gasteiger partial charge >= 0.3 is 11.9 Å². The van der Waals surface area contributed by atoms with E-state index in [0.717, 1.165) is 25.7 Å². The SMILES string of the molecule is CCCCC(CC)COC(=O)c1ccccc1.CCCCC(CC)COC(=O)c1ccccc1. The molecule has 0 aromatic heterocycles. The highest BCUT2D eigenvalue weighted by molar-refractivity contribution is 5.89. The molecule has 0 aliphatic heterocycles. The molecule has 0 spiro atoms. The molecular formula is C30H44O4. The Morgan fingerprint density at radius 3 is 1.26 bits per heavy atom. The Hall–Kier alpha value is -2.62. The summed E-state index contributed by atoms with van der Waals surface area (Å²) in [6.07, 6.45) is 9.25. The molecule has 0 N–H and O–H groups in total. The third-order valence-electron chi connectivity index (χ3n) is 6.01. The maximum atomic E-state index is 11.7. The Bertz CT molecular complexity index is 705. The normalized spacial score (nSPS) is 12.1. The van der Waals surface area contributed by atoms with Crippen LogP contribution in [-0.4, -0.2) is 25.2 Å². The van der Waals surface area contributed by atoms with Crippen LogP contribution in [0.3, 0.4) is 0 Å². The highest BCUT2D eigenvalue weighted by Gasteiger charge is 2.12. The van der Waals surface area contributed by atoms with Crippen molar-refractivity contribution >= 4 is 11.9 Å². The van der Waals surface area contributed by atoms with E-state index in [1.807, 2.05) is 36.4 Å². The minimum Gasteiger partial charge on any atom is -0.462 e. The molecule has 4 heteroatoms. The number of ether oxygens (including phenoxy) is 2. The summed E-state index contributed by atoms with van der Waals surface area (Å²) in [5, 5.41) is 0. The van der Waals surface area contributed by atoms with Gasteiger partial charge in [-0.3, -0.25) is 0 Å². The number of esters is 2. The van der Waals surface area contributed by atoms with Crippen molar-refractivity contribution in [2.45, 2.75) is 79.1 Å². The Labute approximate surface area is 207 Å². The molecule has 0 aliphatic carbocycles. The predicted octanol–water partition coefficient (Wildman–Crippen LogP) is 8.12. The molecule has 0 saturated carbocycles. The van der Waals surface area contributed by atoms with Gasteiger partial charge in [-0.15, -0.1) is 0 Å². The van der Waals surface area contributed by atoms with E-state index in [2.05, 4.69) is 27.7 Å². The molecule has 0 amide bonds. The molecule has 188 valence electrons. The van der Waals surface area contributed by atoms with Crippen molar-refractivity contribution < 1.29 is 19.1 Å². The molecule has 0 aliphatic rings. The number of rotatable bonds is 14. The van der Waals surface area contributed by atoms with Gasteiger partial charge in [0.1, 0.15) is 0 Å². The average Bonchev–Trinajstić information content (AvgIpc) is 2.90. The van der Waals surface area contributed by atoms with E-state index in [-0.39, 0.29) is 11.9 Å². The van der Waals surface area contributed by atoms with Gasteiger partial charge in [-0.1, -0.05) is 103 Å². The molecule has 2 aromatic carbocycles. The van der Waals surface area contributed by atoms with E-state index in [4.69, 9.17) is 9.47 Å². The zero-order valence-electron chi connectivity index (χ0n) is 21.6. The van der Waals surface area contributed by atoms with Gasteiger partial charge in [0.25, 0.3) is 0 Å². The molecule has 2 atom stereocenters. The standard InChI is InChI=1S/2C15H22O2/c2*1-3-5-9-13(4-2)12-17-15(16)14-10-7-6-8-11-14/h2*6-8,10-11,13H,3-5,9,12H2,1-2H3. The topological polar surface area (TPSA) is 52.6 Å². The van der Waals surface area contributed by atoms with Crippen molar-refractivity contribution in [3.63, 3.8) is 0 Å². The molecule has 0 radical (unpaired) electrons. The molecule has 0 saturated heterocycles. The largest absolute Gasteiger partial charge is 0.462 e. The Balaban J connectivity index is 0.000000340. The van der Waals surface area contributed by atoms with Crippen LogP contribution in [0.1, 0.15) is 99.8 Å². The van der Waals surface area contributed by atoms with Crippen LogP contribution in [0.4, 0.5) is 0 Å². The minimum absolute atomic E-state index is 0.208. The van der Waals surface area contributed by atoms with Gasteiger partial charge in [-0.25, -0.2) is 9.59 Å². The van der Waals surface area contributed by atoms with Crippen molar-refractivity contribution in [2.75, 3.05) is 13.2 Å². The molecule has 34 heavy (non-hydrogen) atoms. The first-order valence-electron chi connectivity index (χ1n) is 13.0. The number of hydrogen-bond donors (Lipinski definition) is 0. The zero-order valence-corrected chi connectivity index (χ0v) is 21.6. The van der Waals surface area contributed by atoms with Crippen LogP contribution < -0.4 is 0 Å². The smallest absolute Gasteiger partial charge is 0.338 e. The maximum absolute atomic E-state index is 11.7. The highest BCUT2D eigenvalue weighted by Crippen LogP contribution is 2.15. The van der Waals surface area contributed by atoms with Crippen molar-refractivity contribution in [1.82, 2.24) is 0 Å². The van der Waals surface area contributed by atoms with Crippen molar-refractivity contribution in [1.29, 1.82) is 0 Å². The lowest BCUT2D eigenvalue weighted by Gasteiger charge is -2.14. The van der Waals surface area contributed by atoms with Gasteiger partial charge in [0.15, 0.2) is 0 Å². The first kappa shape index (κ1) is 29.4. The van der Waals surface area contributed by atoms with Crippen LogP contribution in [0.5, 0.6) is 0 Å². The monoisotopic (exact) mass is 468 g/mol. The summed E-state index contributed by atoms with van der Waals surface area (Å²) in [5.74, 6) is 0.589. The fourth-order valence-electron chi connectivity index (χ4n) is 3.50. The maximum Gasteiger partial charge on any atom is 0.338 e. The van der Waals surface area contributed by atoms with E-state index in [1.54, 1.807) is 24.3 Å². The predicted molar refractivity (Wildman–Crippen MR) is 140 cm³/mol. The summed E-state index contributed by atoms with van der Waals surface area (Å²) in [7, 11) is 0. The lowest BCUT2D eigenvalue weighted by molar-refractivity contribution is 0.0419. The van der Waals surface area contributed by atoms with E-state index >= 15 is 0 Å². The first-order valence-corrected chi connectivity index (χ1v) is 13.0. The Kier molecular flexibility index (Phi) is 16.2. The van der Waals surface area contributed by atoms with Crippen LogP contribution >= 0.6 is 0 Å². The quantitative estimate of drug-likeness (QED) is 0.263. The van der Waals surface area contributed by atoms with Gasteiger partial charge < -0.3 is 9.47 Å². The lowest BCUT2D eigenvalue weighted by Crippen LogP contribution is -2.13. The first-order chi connectivity index (χ1) is 16.5. The summed E-state index contributed by atoms with van der Waals surface area (Å²) in [6.45, 7) is 9.76. The number of benzene rings is 2. The van der Waals surface area contributed by atoms with Gasteiger partial charge in [0.05, 0.1) is 24.3 Å². The van der Waals surface area contributed by atoms with E-state index in [9.17, 15) is 9.59 Å². The highest BCUT2D eigenvalue weighted by atomic mass is 16.5. The van der Waals surface area contributed by atoms with Crippen LogP contribution in [0.15, 0.2) is 60.7 Å². The van der Waals surface area contributed by atoms with Crippen molar-refractivity contribution in [2.24, 2.45) is 11.8 Å². The van der Waals surface area contributed by atoms with Crippen molar-refractivity contribution in [3.8, 4) is 0 Å². The summed E-state index contributed by atoms with van der Waals surface area (Å²) in [5.41, 5.74) is 1.27. The molecule has 2 aromatic rings. The molecule has 0 fully saturated rings. The number of carbonyl (C=O) groups excluding carboxylic acids is 2. The zero-order chi connectivity index (χ0) is 25.0. The van der Waals surface area contributed by atoms with Crippen LogP contribution in [0.2, 0.25) is 0 Å². The van der Waals surface area contributed by atoms with Gasteiger partial charge in [0, 0.05) is 0 Å². The fourth-order valence-corrected chi connectivity index (χ4v) is 3.50. The number of unbranched alkanes of at least 4 members (excludes halogenated alkanes) is 2. The van der Waals surface area contributed by atoms with Gasteiger partial charge in [-0.05, 0) is 48.9 Å². The third kappa shape index (κ3) is 12.6. The number of carbonyl (C=O) groups is 2. The number of hydrogen-bond acceptors (Lipinski definition) is 4. The summed E-state index contributed by atoms with van der Waals surface area (Å²) >= 11 is 0.